The molecule has 0 saturated heterocycles. The highest BCUT2D eigenvalue weighted by atomic mass is 32.2. The molecular weight excluding hydrogens is 300 g/mol. The van der Waals surface area contributed by atoms with Crippen molar-refractivity contribution in [3.8, 4) is 0 Å². The Labute approximate surface area is 140 Å². The zero-order valence-electron chi connectivity index (χ0n) is 14.3. The van der Waals surface area contributed by atoms with Gasteiger partial charge in [0.05, 0.1) is 31.8 Å². The smallest absolute Gasteiger partial charge is 0.0736 e. The molecule has 134 valence electrons. The van der Waals surface area contributed by atoms with E-state index < -0.39 is 5.41 Å². The van der Waals surface area contributed by atoms with Gasteiger partial charge in [0.25, 0.3) is 0 Å². The van der Waals surface area contributed by atoms with E-state index in [1.165, 1.54) is 69.8 Å². The van der Waals surface area contributed by atoms with E-state index in [1.54, 1.807) is 0 Å². The van der Waals surface area contributed by atoms with Crippen LogP contribution in [-0.2, 0) is 4.18 Å². The number of hydrogen-bond acceptors (Lipinski definition) is 5. The second-order valence-electron chi connectivity index (χ2n) is 6.24. The molecule has 0 spiro atoms. The van der Waals surface area contributed by atoms with Crippen molar-refractivity contribution in [1.29, 1.82) is 0 Å². The van der Waals surface area contributed by atoms with Crippen LogP contribution in [0.1, 0.15) is 71.1 Å². The maximum atomic E-state index is 9.16. The Morgan fingerprint density at radius 1 is 0.727 bits per heavy atom. The van der Waals surface area contributed by atoms with Crippen LogP contribution in [0.5, 0.6) is 0 Å². The van der Waals surface area contributed by atoms with Crippen molar-refractivity contribution < 1.29 is 19.5 Å². The molecule has 0 aromatic carbocycles. The molecule has 5 heteroatoms. The van der Waals surface area contributed by atoms with Gasteiger partial charge in [0, 0.05) is 5.75 Å². The van der Waals surface area contributed by atoms with Gasteiger partial charge >= 0.3 is 0 Å². The Bertz CT molecular complexity index is 214. The normalized spacial score (nSPS) is 12.0. The molecule has 0 bridgehead atoms. The highest BCUT2D eigenvalue weighted by molar-refractivity contribution is 7.94. The van der Waals surface area contributed by atoms with Crippen LogP contribution in [0.2, 0.25) is 0 Å². The topological polar surface area (TPSA) is 69.9 Å². The molecule has 22 heavy (non-hydrogen) atoms. The number of rotatable bonds is 17. The van der Waals surface area contributed by atoms with Crippen LogP contribution in [-0.4, -0.2) is 47.5 Å². The summed E-state index contributed by atoms with van der Waals surface area (Å²) in [7, 11) is 0. The molecule has 0 aromatic rings. The van der Waals surface area contributed by atoms with E-state index in [1.807, 2.05) is 0 Å². The van der Waals surface area contributed by atoms with Crippen LogP contribution < -0.4 is 0 Å². The van der Waals surface area contributed by atoms with Crippen LogP contribution in [0, 0.1) is 5.41 Å². The maximum Gasteiger partial charge on any atom is 0.0736 e. The summed E-state index contributed by atoms with van der Waals surface area (Å²) < 4.78 is 5.39. The van der Waals surface area contributed by atoms with E-state index >= 15 is 0 Å². The Morgan fingerprint density at radius 3 is 1.64 bits per heavy atom. The highest BCUT2D eigenvalue weighted by Gasteiger charge is 2.28. The van der Waals surface area contributed by atoms with Gasteiger partial charge in [-0.15, -0.1) is 0 Å². The summed E-state index contributed by atoms with van der Waals surface area (Å²) >= 11 is 1.37. The fourth-order valence-electron chi connectivity index (χ4n) is 2.16. The fraction of sp³-hybridized carbons (Fsp3) is 1.00. The van der Waals surface area contributed by atoms with Gasteiger partial charge in [-0.3, -0.25) is 0 Å². The number of aliphatic hydroxyl groups excluding tert-OH is 3. The van der Waals surface area contributed by atoms with Crippen molar-refractivity contribution in [1.82, 2.24) is 0 Å². The first-order chi connectivity index (χ1) is 10.7. The molecule has 4 nitrogen and oxygen atoms in total. The summed E-state index contributed by atoms with van der Waals surface area (Å²) in [6.07, 6.45) is 13.2. The molecule has 3 N–H and O–H groups in total. The zero-order chi connectivity index (χ0) is 16.5. The molecule has 0 aliphatic rings. The zero-order valence-corrected chi connectivity index (χ0v) is 15.1. The second kappa shape index (κ2) is 16.1. The van der Waals surface area contributed by atoms with Gasteiger partial charge in [0.2, 0.25) is 0 Å². The third-order valence-electron chi connectivity index (χ3n) is 4.04. The van der Waals surface area contributed by atoms with Crippen molar-refractivity contribution in [2.75, 3.05) is 32.2 Å². The van der Waals surface area contributed by atoms with E-state index in [4.69, 9.17) is 19.5 Å². The van der Waals surface area contributed by atoms with Crippen molar-refractivity contribution >= 4 is 12.0 Å². The standard InChI is InChI=1S/C17H36O4S/c1-2-3-4-5-6-7-8-9-10-11-12-22-21-16-17(13-18,14-19)15-20/h18-20H,2-16H2,1H3. The third-order valence-corrected chi connectivity index (χ3v) is 4.78. The van der Waals surface area contributed by atoms with Gasteiger partial charge in [0.15, 0.2) is 0 Å². The van der Waals surface area contributed by atoms with Crippen LogP contribution in [0.3, 0.4) is 0 Å². The molecule has 0 aromatic heterocycles. The number of aliphatic hydroxyl groups is 3. The van der Waals surface area contributed by atoms with Crippen LogP contribution >= 0.6 is 12.0 Å². The summed E-state index contributed by atoms with van der Waals surface area (Å²) in [5, 5.41) is 27.5. The predicted octanol–water partition coefficient (Wildman–Crippen LogP) is 3.54. The van der Waals surface area contributed by atoms with Crippen LogP contribution in [0.15, 0.2) is 0 Å². The molecule has 0 radical (unpaired) electrons. The number of unbranched alkanes of at least 4 members (excludes halogenated alkanes) is 9. The minimum Gasteiger partial charge on any atom is -0.396 e. The van der Waals surface area contributed by atoms with E-state index in [0.29, 0.717) is 0 Å². The lowest BCUT2D eigenvalue weighted by Crippen LogP contribution is -2.38. The second-order valence-corrected chi connectivity index (χ2v) is 7.12. The van der Waals surface area contributed by atoms with Gasteiger partial charge < -0.3 is 19.5 Å². The summed E-state index contributed by atoms with van der Waals surface area (Å²) in [4.78, 5) is 0. The maximum absolute atomic E-state index is 9.16. The SMILES string of the molecule is CCCCCCCCCCCCSOCC(CO)(CO)CO. The Kier molecular flexibility index (Phi) is 16.2. The van der Waals surface area contributed by atoms with Gasteiger partial charge in [-0.25, -0.2) is 0 Å². The average Bonchev–Trinajstić information content (AvgIpc) is 2.56. The van der Waals surface area contributed by atoms with E-state index in [2.05, 4.69) is 6.92 Å². The van der Waals surface area contributed by atoms with Crippen molar-refractivity contribution in [3.05, 3.63) is 0 Å². The molecule has 0 aliphatic heterocycles. The predicted molar refractivity (Wildman–Crippen MR) is 93.9 cm³/mol. The fourth-order valence-corrected chi connectivity index (χ4v) is 2.93. The molecule has 0 rings (SSSR count). The Hall–Kier alpha value is 0.190. The Morgan fingerprint density at radius 2 is 1.18 bits per heavy atom. The third kappa shape index (κ3) is 11.7. The molecule has 0 atom stereocenters. The molecule has 0 saturated carbocycles. The first-order valence-electron chi connectivity index (χ1n) is 8.81. The summed E-state index contributed by atoms with van der Waals surface area (Å²) in [6.45, 7) is 1.63. The average molecular weight is 337 g/mol. The summed E-state index contributed by atoms with van der Waals surface area (Å²) in [5.41, 5.74) is -0.912. The lowest BCUT2D eigenvalue weighted by Gasteiger charge is -2.26. The van der Waals surface area contributed by atoms with E-state index in [-0.39, 0.29) is 26.4 Å². The lowest BCUT2D eigenvalue weighted by atomic mass is 9.93. The van der Waals surface area contributed by atoms with Crippen molar-refractivity contribution in [2.45, 2.75) is 71.1 Å². The molecule has 0 fully saturated rings. The van der Waals surface area contributed by atoms with Crippen LogP contribution in [0.4, 0.5) is 0 Å². The summed E-state index contributed by atoms with van der Waals surface area (Å²) in [5.74, 6) is 0.925. The minimum atomic E-state index is -0.912. The van der Waals surface area contributed by atoms with Gasteiger partial charge in [0.1, 0.15) is 0 Å². The first-order valence-corrected chi connectivity index (χ1v) is 9.72. The summed E-state index contributed by atoms with van der Waals surface area (Å²) in [6, 6.07) is 0. The monoisotopic (exact) mass is 336 g/mol. The molecule has 0 heterocycles. The van der Waals surface area contributed by atoms with E-state index in [0.717, 1.165) is 12.2 Å². The molecule has 0 aliphatic carbocycles. The molecule has 0 amide bonds. The van der Waals surface area contributed by atoms with Gasteiger partial charge in [-0.2, -0.15) is 0 Å². The largest absolute Gasteiger partial charge is 0.396 e. The molecular formula is C17H36O4S. The van der Waals surface area contributed by atoms with Gasteiger partial charge in [-0.05, 0) is 18.5 Å². The molecule has 0 unspecified atom stereocenters. The van der Waals surface area contributed by atoms with E-state index in [9.17, 15) is 0 Å². The van der Waals surface area contributed by atoms with Crippen molar-refractivity contribution in [3.63, 3.8) is 0 Å². The van der Waals surface area contributed by atoms with Gasteiger partial charge in [-0.1, -0.05) is 64.7 Å². The highest BCUT2D eigenvalue weighted by Crippen LogP contribution is 2.19. The quantitative estimate of drug-likeness (QED) is 0.280. The number of hydrogen-bond donors (Lipinski definition) is 3. The Balaban J connectivity index is 3.27. The minimum absolute atomic E-state index is 0.179. The lowest BCUT2D eigenvalue weighted by molar-refractivity contribution is -0.0214. The van der Waals surface area contributed by atoms with Crippen molar-refractivity contribution in [2.24, 2.45) is 5.41 Å². The van der Waals surface area contributed by atoms with Crippen LogP contribution in [0.25, 0.3) is 0 Å². The first kappa shape index (κ1) is 22.2.